The molecule has 0 fully saturated rings. The number of amides is 1. The quantitative estimate of drug-likeness (QED) is 0.440. The molecule has 3 rings (SSSR count). The van der Waals surface area contributed by atoms with E-state index in [-0.39, 0.29) is 0 Å². The Hall–Kier alpha value is -3.18. The highest BCUT2D eigenvalue weighted by atomic mass is 16.5. The van der Waals surface area contributed by atoms with Gasteiger partial charge in [-0.15, -0.1) is 0 Å². The van der Waals surface area contributed by atoms with Gasteiger partial charge in [-0.1, -0.05) is 48.5 Å². The second-order valence-corrected chi connectivity index (χ2v) is 5.35. The Morgan fingerprint density at radius 1 is 1.12 bits per heavy atom. The lowest BCUT2D eigenvalue weighted by atomic mass is 10.0. The number of benzene rings is 2. The highest BCUT2D eigenvalue weighted by molar-refractivity contribution is 5.91. The van der Waals surface area contributed by atoms with E-state index in [2.05, 4.69) is 4.98 Å². The summed E-state index contributed by atoms with van der Waals surface area (Å²) in [6.45, 7) is 0. The Labute approximate surface area is 139 Å². The van der Waals surface area contributed by atoms with Gasteiger partial charge in [-0.3, -0.25) is 10.0 Å². The number of nitrogens with zero attached hydrogens (tertiary/aromatic N) is 2. The van der Waals surface area contributed by atoms with Crippen molar-refractivity contribution in [3.05, 3.63) is 72.6 Å². The smallest absolute Gasteiger partial charge is 0.267 e. The van der Waals surface area contributed by atoms with Gasteiger partial charge >= 0.3 is 0 Å². The summed E-state index contributed by atoms with van der Waals surface area (Å²) in [5.41, 5.74) is 6.40. The Balaban J connectivity index is 2.03. The molecule has 0 aliphatic heterocycles. The molecule has 0 radical (unpaired) electrons. The number of hydrogen-bond acceptors (Lipinski definition) is 3. The van der Waals surface area contributed by atoms with Gasteiger partial charge in [0, 0.05) is 24.3 Å². The van der Waals surface area contributed by atoms with E-state index in [0.717, 1.165) is 28.1 Å². The fraction of sp³-hybridized carbons (Fsp3) is 0.0526. The number of imidazole rings is 1. The molecule has 5 heteroatoms. The minimum absolute atomic E-state index is 0.564. The fourth-order valence-corrected chi connectivity index (χ4v) is 2.58. The van der Waals surface area contributed by atoms with Crippen molar-refractivity contribution in [1.82, 2.24) is 15.0 Å². The zero-order valence-corrected chi connectivity index (χ0v) is 13.2. The topological polar surface area (TPSA) is 67.2 Å². The average Bonchev–Trinajstić information content (AvgIpc) is 3.02. The molecule has 0 bridgehead atoms. The maximum absolute atomic E-state index is 11.1. The van der Waals surface area contributed by atoms with Gasteiger partial charge < -0.3 is 4.57 Å². The molecule has 0 saturated heterocycles. The first-order valence-electron chi connectivity index (χ1n) is 7.48. The molecule has 0 spiro atoms. The number of hydroxylamine groups is 1. The van der Waals surface area contributed by atoms with Crippen molar-refractivity contribution in [3.8, 4) is 22.5 Å². The molecule has 0 aliphatic carbocycles. The van der Waals surface area contributed by atoms with Crippen molar-refractivity contribution in [2.45, 2.75) is 0 Å². The number of rotatable bonds is 4. The maximum atomic E-state index is 11.1. The standard InChI is InChI=1S/C19H17N3O2/c1-22-13-20-18(15-7-3-2-4-8-15)19(22)16-9-5-6-14(12-16)10-11-17(23)21-24/h2-13,24H,1H3,(H,21,23). The van der Waals surface area contributed by atoms with Crippen LogP contribution in [0.15, 0.2) is 67.0 Å². The predicted octanol–water partition coefficient (Wildman–Crippen LogP) is 3.27. The molecule has 3 aromatic rings. The lowest BCUT2D eigenvalue weighted by molar-refractivity contribution is -0.124. The summed E-state index contributed by atoms with van der Waals surface area (Å²) in [5.74, 6) is -0.564. The van der Waals surface area contributed by atoms with Gasteiger partial charge in [0.25, 0.3) is 5.91 Å². The van der Waals surface area contributed by atoms with Crippen LogP contribution in [0.2, 0.25) is 0 Å². The van der Waals surface area contributed by atoms with Crippen molar-refractivity contribution in [2.24, 2.45) is 7.05 Å². The average molecular weight is 319 g/mol. The van der Waals surface area contributed by atoms with E-state index in [4.69, 9.17) is 5.21 Å². The summed E-state index contributed by atoms with van der Waals surface area (Å²) in [7, 11) is 1.95. The van der Waals surface area contributed by atoms with Crippen LogP contribution in [0.5, 0.6) is 0 Å². The molecule has 1 amide bonds. The summed E-state index contributed by atoms with van der Waals surface area (Å²) in [6, 6.07) is 17.8. The van der Waals surface area contributed by atoms with Crippen molar-refractivity contribution in [3.63, 3.8) is 0 Å². The largest absolute Gasteiger partial charge is 0.333 e. The summed E-state index contributed by atoms with van der Waals surface area (Å²) >= 11 is 0. The molecule has 120 valence electrons. The fourth-order valence-electron chi connectivity index (χ4n) is 2.58. The molecule has 0 aliphatic rings. The van der Waals surface area contributed by atoms with E-state index in [1.54, 1.807) is 17.9 Å². The molecular weight excluding hydrogens is 302 g/mol. The van der Waals surface area contributed by atoms with Crippen molar-refractivity contribution < 1.29 is 10.0 Å². The summed E-state index contributed by atoms with van der Waals surface area (Å²) in [4.78, 5) is 15.7. The number of carbonyl (C=O) groups is 1. The summed E-state index contributed by atoms with van der Waals surface area (Å²) in [5, 5.41) is 8.55. The van der Waals surface area contributed by atoms with Gasteiger partial charge in [-0.2, -0.15) is 0 Å². The second kappa shape index (κ2) is 6.93. The highest BCUT2D eigenvalue weighted by Crippen LogP contribution is 2.31. The van der Waals surface area contributed by atoms with Crippen molar-refractivity contribution in [1.29, 1.82) is 0 Å². The van der Waals surface area contributed by atoms with Crippen LogP contribution in [0.3, 0.4) is 0 Å². The van der Waals surface area contributed by atoms with Gasteiger partial charge in [-0.05, 0) is 17.7 Å². The Bertz CT molecular complexity index is 883. The summed E-state index contributed by atoms with van der Waals surface area (Å²) in [6.07, 6.45) is 4.72. The van der Waals surface area contributed by atoms with Crippen LogP contribution in [0.25, 0.3) is 28.6 Å². The molecule has 0 unspecified atom stereocenters. The predicted molar refractivity (Wildman–Crippen MR) is 93.0 cm³/mol. The molecule has 2 N–H and O–H groups in total. The van der Waals surface area contributed by atoms with Crippen molar-refractivity contribution >= 4 is 12.0 Å². The molecular formula is C19H17N3O2. The zero-order valence-electron chi connectivity index (χ0n) is 13.2. The van der Waals surface area contributed by atoms with Crippen molar-refractivity contribution in [2.75, 3.05) is 0 Å². The van der Waals surface area contributed by atoms with Crippen LogP contribution in [0.1, 0.15) is 5.56 Å². The van der Waals surface area contributed by atoms with Gasteiger partial charge in [0.2, 0.25) is 0 Å². The highest BCUT2D eigenvalue weighted by Gasteiger charge is 2.13. The Morgan fingerprint density at radius 2 is 1.88 bits per heavy atom. The van der Waals surface area contributed by atoms with Gasteiger partial charge in [-0.25, -0.2) is 10.5 Å². The first kappa shape index (κ1) is 15.7. The van der Waals surface area contributed by atoms with Gasteiger partial charge in [0.05, 0.1) is 17.7 Å². The third-order valence-electron chi connectivity index (χ3n) is 3.68. The molecule has 2 aromatic carbocycles. The Kier molecular flexibility index (Phi) is 4.54. The molecule has 1 heterocycles. The molecule has 5 nitrogen and oxygen atoms in total. The first-order chi connectivity index (χ1) is 11.7. The van der Waals surface area contributed by atoms with Crippen LogP contribution in [0.4, 0.5) is 0 Å². The molecule has 0 atom stereocenters. The lowest BCUT2D eigenvalue weighted by Gasteiger charge is -2.08. The first-order valence-corrected chi connectivity index (χ1v) is 7.48. The van der Waals surface area contributed by atoms with Crippen LogP contribution in [0, 0.1) is 0 Å². The number of carbonyl (C=O) groups excluding carboxylic acids is 1. The number of aromatic nitrogens is 2. The zero-order chi connectivity index (χ0) is 16.9. The van der Waals surface area contributed by atoms with Crippen LogP contribution in [-0.2, 0) is 11.8 Å². The summed E-state index contributed by atoms with van der Waals surface area (Å²) < 4.78 is 1.98. The monoisotopic (exact) mass is 319 g/mol. The van der Waals surface area contributed by atoms with Gasteiger partial charge in [0.15, 0.2) is 0 Å². The number of hydrogen-bond donors (Lipinski definition) is 2. The van der Waals surface area contributed by atoms with E-state index in [1.807, 2.05) is 66.2 Å². The number of nitrogens with one attached hydrogen (secondary N) is 1. The maximum Gasteiger partial charge on any atom is 0.267 e. The van der Waals surface area contributed by atoms with Crippen LogP contribution >= 0.6 is 0 Å². The Morgan fingerprint density at radius 3 is 2.62 bits per heavy atom. The lowest BCUT2D eigenvalue weighted by Crippen LogP contribution is -2.14. The van der Waals surface area contributed by atoms with E-state index in [9.17, 15) is 4.79 Å². The van der Waals surface area contributed by atoms with Crippen LogP contribution < -0.4 is 5.48 Å². The number of aryl methyl sites for hydroxylation is 1. The van der Waals surface area contributed by atoms with E-state index < -0.39 is 5.91 Å². The minimum Gasteiger partial charge on any atom is -0.333 e. The third kappa shape index (κ3) is 3.26. The SMILES string of the molecule is Cn1cnc(-c2ccccc2)c1-c1cccc(C=CC(=O)NO)c1. The minimum atomic E-state index is -0.564. The second-order valence-electron chi connectivity index (χ2n) is 5.35. The van der Waals surface area contributed by atoms with Gasteiger partial charge in [0.1, 0.15) is 0 Å². The molecule has 24 heavy (non-hydrogen) atoms. The molecule has 0 saturated carbocycles. The van der Waals surface area contributed by atoms with Crippen LogP contribution in [-0.4, -0.2) is 20.7 Å². The molecule has 1 aromatic heterocycles. The normalized spacial score (nSPS) is 10.9. The van der Waals surface area contributed by atoms with E-state index in [0.29, 0.717) is 0 Å². The third-order valence-corrected chi connectivity index (χ3v) is 3.68. The van der Waals surface area contributed by atoms with E-state index >= 15 is 0 Å². The van der Waals surface area contributed by atoms with E-state index in [1.165, 1.54) is 6.08 Å².